The molecule has 1 aliphatic heterocycles. The topological polar surface area (TPSA) is 20.3 Å². The molecule has 2 nitrogen and oxygen atoms in total. The summed E-state index contributed by atoms with van der Waals surface area (Å²) in [5.41, 5.74) is -0.180. The lowest BCUT2D eigenvalue weighted by atomic mass is 9.86. The first-order chi connectivity index (χ1) is 6.44. The van der Waals surface area contributed by atoms with Gasteiger partial charge in [0.25, 0.3) is 0 Å². The number of likely N-dealkylation sites (tertiary alicyclic amines) is 1. The fourth-order valence-corrected chi connectivity index (χ4v) is 2.11. The van der Waals surface area contributed by atoms with Crippen LogP contribution in [0.15, 0.2) is 0 Å². The number of nitrogens with zero attached hydrogens (tertiary/aromatic N) is 1. The van der Waals surface area contributed by atoms with E-state index in [1.54, 1.807) is 0 Å². The minimum absolute atomic E-state index is 0.180. The van der Waals surface area contributed by atoms with Crippen molar-refractivity contribution in [3.63, 3.8) is 0 Å². The van der Waals surface area contributed by atoms with E-state index in [2.05, 4.69) is 18.7 Å². The molecule has 0 aliphatic carbocycles. The maximum atomic E-state index is 10.8. The van der Waals surface area contributed by atoms with Gasteiger partial charge in [0.15, 0.2) is 0 Å². The zero-order valence-electron chi connectivity index (χ0n) is 9.92. The summed E-state index contributed by atoms with van der Waals surface area (Å²) in [6.07, 6.45) is 2.35. The maximum Gasteiger partial charge on any atom is 0.126 e. The molecule has 14 heavy (non-hydrogen) atoms. The molecule has 2 atom stereocenters. The summed E-state index contributed by atoms with van der Waals surface area (Å²) in [7, 11) is 0. The Bertz CT molecular complexity index is 200. The zero-order valence-corrected chi connectivity index (χ0v) is 9.92. The second-order valence-electron chi connectivity index (χ2n) is 5.58. The molecule has 0 N–H and O–H groups in total. The highest BCUT2D eigenvalue weighted by atomic mass is 16.1. The van der Waals surface area contributed by atoms with Crippen molar-refractivity contribution in [1.29, 1.82) is 0 Å². The molecule has 0 aromatic rings. The summed E-state index contributed by atoms with van der Waals surface area (Å²) in [6, 6.07) is 0. The molecule has 0 aromatic carbocycles. The Morgan fingerprint density at radius 3 is 2.50 bits per heavy atom. The van der Waals surface area contributed by atoms with Gasteiger partial charge in [-0.05, 0) is 24.8 Å². The number of carbonyl (C=O) groups excluding carboxylic acids is 1. The van der Waals surface area contributed by atoms with E-state index in [0.29, 0.717) is 0 Å². The molecule has 2 unspecified atom stereocenters. The van der Waals surface area contributed by atoms with E-state index in [0.717, 1.165) is 37.8 Å². The number of hydrogen-bond acceptors (Lipinski definition) is 2. The van der Waals surface area contributed by atoms with Crippen molar-refractivity contribution in [1.82, 2.24) is 4.90 Å². The third-order valence-corrected chi connectivity index (χ3v) is 3.37. The molecule has 0 saturated carbocycles. The van der Waals surface area contributed by atoms with Crippen molar-refractivity contribution < 1.29 is 4.79 Å². The van der Waals surface area contributed by atoms with Crippen LogP contribution in [0.5, 0.6) is 0 Å². The van der Waals surface area contributed by atoms with Crippen molar-refractivity contribution in [2.24, 2.45) is 17.3 Å². The van der Waals surface area contributed by atoms with Gasteiger partial charge in [-0.3, -0.25) is 0 Å². The van der Waals surface area contributed by atoms with Crippen LogP contribution >= 0.6 is 0 Å². The van der Waals surface area contributed by atoms with Gasteiger partial charge in [-0.25, -0.2) is 0 Å². The largest absolute Gasteiger partial charge is 0.303 e. The van der Waals surface area contributed by atoms with Gasteiger partial charge < -0.3 is 9.69 Å². The maximum absolute atomic E-state index is 10.8. The highest BCUT2D eigenvalue weighted by Crippen LogP contribution is 2.24. The quantitative estimate of drug-likeness (QED) is 0.646. The number of piperidine rings is 1. The first kappa shape index (κ1) is 11.7. The van der Waals surface area contributed by atoms with Crippen LogP contribution in [0.3, 0.4) is 0 Å². The molecule has 1 rings (SSSR count). The average molecular weight is 197 g/mol. The Morgan fingerprint density at radius 1 is 1.36 bits per heavy atom. The number of aldehydes is 1. The van der Waals surface area contributed by atoms with Crippen molar-refractivity contribution in [3.05, 3.63) is 0 Å². The molecule has 1 heterocycles. The molecule has 0 bridgehead atoms. The lowest BCUT2D eigenvalue weighted by Crippen LogP contribution is -2.43. The lowest BCUT2D eigenvalue weighted by molar-refractivity contribution is -0.115. The van der Waals surface area contributed by atoms with Crippen molar-refractivity contribution in [3.8, 4) is 0 Å². The molecule has 0 aromatic heterocycles. The van der Waals surface area contributed by atoms with Gasteiger partial charge in [-0.15, -0.1) is 0 Å². The third-order valence-electron chi connectivity index (χ3n) is 3.37. The highest BCUT2D eigenvalue weighted by molar-refractivity contribution is 5.58. The normalized spacial score (nSPS) is 30.3. The molecule has 1 saturated heterocycles. The summed E-state index contributed by atoms with van der Waals surface area (Å²) in [5.74, 6) is 1.61. The van der Waals surface area contributed by atoms with E-state index in [1.807, 2.05) is 13.8 Å². The lowest BCUT2D eigenvalue weighted by Gasteiger charge is -2.38. The Balaban J connectivity index is 2.44. The van der Waals surface area contributed by atoms with Crippen molar-refractivity contribution >= 4 is 6.29 Å². The molecule has 1 aliphatic rings. The predicted molar refractivity (Wildman–Crippen MR) is 59.2 cm³/mol. The van der Waals surface area contributed by atoms with Gasteiger partial charge in [0.05, 0.1) is 0 Å². The second-order valence-corrected chi connectivity index (χ2v) is 5.58. The number of carbonyl (C=O) groups is 1. The van der Waals surface area contributed by atoms with E-state index < -0.39 is 0 Å². The first-order valence-electron chi connectivity index (χ1n) is 5.63. The molecule has 82 valence electrons. The van der Waals surface area contributed by atoms with Gasteiger partial charge >= 0.3 is 0 Å². The molecule has 2 heteroatoms. The second kappa shape index (κ2) is 4.43. The van der Waals surface area contributed by atoms with Gasteiger partial charge in [0.1, 0.15) is 6.29 Å². The fraction of sp³-hybridized carbons (Fsp3) is 0.917. The Morgan fingerprint density at radius 2 is 2.00 bits per heavy atom. The van der Waals surface area contributed by atoms with Gasteiger partial charge in [0.2, 0.25) is 0 Å². The van der Waals surface area contributed by atoms with Crippen LogP contribution in [0, 0.1) is 17.3 Å². The average Bonchev–Trinajstić information content (AvgIpc) is 2.11. The van der Waals surface area contributed by atoms with Crippen LogP contribution in [0.2, 0.25) is 0 Å². The number of rotatable bonds is 3. The minimum atomic E-state index is -0.180. The molecular weight excluding hydrogens is 174 g/mol. The van der Waals surface area contributed by atoms with Gasteiger partial charge in [-0.1, -0.05) is 27.7 Å². The van der Waals surface area contributed by atoms with E-state index in [9.17, 15) is 4.79 Å². The minimum Gasteiger partial charge on any atom is -0.303 e. The van der Waals surface area contributed by atoms with E-state index in [-0.39, 0.29) is 5.41 Å². The summed E-state index contributed by atoms with van der Waals surface area (Å²) in [4.78, 5) is 13.2. The molecular formula is C12H23NO. The van der Waals surface area contributed by atoms with Gasteiger partial charge in [0, 0.05) is 18.5 Å². The summed E-state index contributed by atoms with van der Waals surface area (Å²) >= 11 is 0. The third kappa shape index (κ3) is 3.09. The van der Waals surface area contributed by atoms with Crippen molar-refractivity contribution in [2.75, 3.05) is 19.6 Å². The molecule has 0 spiro atoms. The molecule has 0 radical (unpaired) electrons. The zero-order chi connectivity index (χ0) is 10.8. The molecule has 1 fully saturated rings. The summed E-state index contributed by atoms with van der Waals surface area (Å²) < 4.78 is 0. The fourth-order valence-electron chi connectivity index (χ4n) is 2.11. The smallest absolute Gasteiger partial charge is 0.126 e. The Kier molecular flexibility index (Phi) is 3.71. The number of hydrogen-bond donors (Lipinski definition) is 0. The van der Waals surface area contributed by atoms with Crippen LogP contribution in [0.1, 0.15) is 34.1 Å². The van der Waals surface area contributed by atoms with Crippen molar-refractivity contribution in [2.45, 2.75) is 34.1 Å². The first-order valence-corrected chi connectivity index (χ1v) is 5.63. The van der Waals surface area contributed by atoms with Crippen LogP contribution in [-0.2, 0) is 4.79 Å². The predicted octanol–water partition coefficient (Wildman–Crippen LogP) is 2.19. The van der Waals surface area contributed by atoms with Gasteiger partial charge in [-0.2, -0.15) is 0 Å². The standard InChI is InChI=1S/C12H23NO/c1-10-5-6-13(7-11(10)2)8-12(3,4)9-14/h9-11H,5-8H2,1-4H3. The summed E-state index contributed by atoms with van der Waals surface area (Å²) in [5, 5.41) is 0. The van der Waals surface area contributed by atoms with E-state index in [4.69, 9.17) is 0 Å². The van der Waals surface area contributed by atoms with Crippen LogP contribution in [0.4, 0.5) is 0 Å². The summed E-state index contributed by atoms with van der Waals surface area (Å²) in [6.45, 7) is 11.9. The molecule has 0 amide bonds. The van der Waals surface area contributed by atoms with Crippen LogP contribution < -0.4 is 0 Å². The van der Waals surface area contributed by atoms with E-state index >= 15 is 0 Å². The van der Waals surface area contributed by atoms with E-state index in [1.165, 1.54) is 6.42 Å². The SMILES string of the molecule is CC1CCN(CC(C)(C)C=O)CC1C. The Labute approximate surface area is 87.7 Å². The monoisotopic (exact) mass is 197 g/mol. The Hall–Kier alpha value is -0.370. The van der Waals surface area contributed by atoms with Crippen LogP contribution in [-0.4, -0.2) is 30.8 Å². The highest BCUT2D eigenvalue weighted by Gasteiger charge is 2.27. The van der Waals surface area contributed by atoms with Crippen LogP contribution in [0.25, 0.3) is 0 Å².